The van der Waals surface area contributed by atoms with Gasteiger partial charge in [0.25, 0.3) is 5.91 Å². The van der Waals surface area contributed by atoms with E-state index in [2.05, 4.69) is 15.3 Å². The summed E-state index contributed by atoms with van der Waals surface area (Å²) in [6.45, 7) is 6.29. The summed E-state index contributed by atoms with van der Waals surface area (Å²) in [6, 6.07) is 0. The van der Waals surface area contributed by atoms with Crippen molar-refractivity contribution in [2.24, 2.45) is 0 Å². The van der Waals surface area contributed by atoms with Crippen molar-refractivity contribution in [1.82, 2.24) is 14.9 Å². The van der Waals surface area contributed by atoms with Gasteiger partial charge in [0.1, 0.15) is 11.5 Å². The molecule has 0 aliphatic rings. The van der Waals surface area contributed by atoms with Crippen molar-refractivity contribution in [2.45, 2.75) is 32.7 Å². The number of hydrogen-bond acceptors (Lipinski definition) is 5. The monoisotopic (exact) mass is 266 g/mol. The zero-order valence-electron chi connectivity index (χ0n) is 12.0. The quantitative estimate of drug-likeness (QED) is 0.807. The number of amides is 1. The Morgan fingerprint density at radius 1 is 1.47 bits per heavy atom. The number of aromatic nitrogens is 2. The van der Waals surface area contributed by atoms with Gasteiger partial charge in [0.2, 0.25) is 0 Å². The molecule has 1 amide bonds. The highest BCUT2D eigenvalue weighted by molar-refractivity contribution is 5.92. The Hall–Kier alpha value is -1.69. The van der Waals surface area contributed by atoms with E-state index in [0.717, 1.165) is 13.0 Å². The van der Waals surface area contributed by atoms with Crippen molar-refractivity contribution < 1.29 is 9.90 Å². The molecule has 106 valence electrons. The molecule has 1 rings (SSSR count). The lowest BCUT2D eigenvalue weighted by atomic mass is 10.0. The fourth-order valence-electron chi connectivity index (χ4n) is 1.36. The molecule has 0 saturated heterocycles. The highest BCUT2D eigenvalue weighted by Crippen LogP contribution is 2.14. The maximum atomic E-state index is 12.3. The molecule has 0 aromatic carbocycles. The maximum absolute atomic E-state index is 12.3. The van der Waals surface area contributed by atoms with Gasteiger partial charge in [-0.3, -0.25) is 9.78 Å². The summed E-state index contributed by atoms with van der Waals surface area (Å²) in [6.07, 6.45) is 3.99. The Labute approximate surface area is 113 Å². The van der Waals surface area contributed by atoms with Crippen LogP contribution in [0.3, 0.4) is 0 Å². The smallest absolute Gasteiger partial charge is 0.274 e. The summed E-state index contributed by atoms with van der Waals surface area (Å²) in [5, 5.41) is 12.4. The number of likely N-dealkylation sites (N-methyl/N-ethyl adjacent to an activating group) is 1. The van der Waals surface area contributed by atoms with E-state index in [4.69, 9.17) is 0 Å². The predicted molar refractivity (Wildman–Crippen MR) is 74.1 cm³/mol. The predicted octanol–water partition coefficient (Wildman–Crippen LogP) is 1.14. The second-order valence-corrected chi connectivity index (χ2v) is 5.05. The van der Waals surface area contributed by atoms with Crippen LogP contribution in [-0.2, 0) is 0 Å². The molecule has 0 bridgehead atoms. The van der Waals surface area contributed by atoms with Gasteiger partial charge in [-0.15, -0.1) is 0 Å². The fourth-order valence-corrected chi connectivity index (χ4v) is 1.36. The summed E-state index contributed by atoms with van der Waals surface area (Å²) in [7, 11) is 1.65. The number of nitrogens with zero attached hydrogens (tertiary/aromatic N) is 3. The van der Waals surface area contributed by atoms with E-state index in [-0.39, 0.29) is 18.2 Å². The van der Waals surface area contributed by atoms with Gasteiger partial charge in [-0.25, -0.2) is 4.98 Å². The van der Waals surface area contributed by atoms with Crippen molar-refractivity contribution in [1.29, 1.82) is 0 Å². The average Bonchev–Trinajstić information content (AvgIpc) is 2.43. The molecule has 0 aliphatic heterocycles. The van der Waals surface area contributed by atoms with Crippen LogP contribution in [0.25, 0.3) is 0 Å². The van der Waals surface area contributed by atoms with E-state index in [9.17, 15) is 9.90 Å². The fraction of sp³-hybridized carbons (Fsp3) is 0.615. The van der Waals surface area contributed by atoms with E-state index >= 15 is 0 Å². The molecule has 0 fully saturated rings. The molecule has 0 unspecified atom stereocenters. The zero-order chi connectivity index (χ0) is 14.5. The summed E-state index contributed by atoms with van der Waals surface area (Å²) >= 11 is 0. The van der Waals surface area contributed by atoms with Gasteiger partial charge in [0, 0.05) is 13.6 Å². The van der Waals surface area contributed by atoms with Crippen LogP contribution in [0.2, 0.25) is 0 Å². The summed E-state index contributed by atoms with van der Waals surface area (Å²) in [5.41, 5.74) is -0.365. The molecule has 1 heterocycles. The Bertz CT molecular complexity index is 434. The van der Waals surface area contributed by atoms with Crippen LogP contribution in [0.15, 0.2) is 12.4 Å². The second kappa shape index (κ2) is 6.47. The van der Waals surface area contributed by atoms with E-state index in [0.29, 0.717) is 5.82 Å². The van der Waals surface area contributed by atoms with Crippen LogP contribution in [0.5, 0.6) is 0 Å². The van der Waals surface area contributed by atoms with Gasteiger partial charge in [-0.1, -0.05) is 6.92 Å². The number of aliphatic hydroxyl groups excluding tert-OH is 1. The first-order chi connectivity index (χ1) is 8.92. The average molecular weight is 266 g/mol. The maximum Gasteiger partial charge on any atom is 0.274 e. The summed E-state index contributed by atoms with van der Waals surface area (Å²) in [5.74, 6) is 0.328. The zero-order valence-corrected chi connectivity index (χ0v) is 12.0. The van der Waals surface area contributed by atoms with E-state index in [1.54, 1.807) is 27.1 Å². The van der Waals surface area contributed by atoms with Crippen LogP contribution >= 0.6 is 0 Å². The van der Waals surface area contributed by atoms with Gasteiger partial charge in [0.15, 0.2) is 0 Å². The van der Waals surface area contributed by atoms with Gasteiger partial charge < -0.3 is 15.3 Å². The first-order valence-corrected chi connectivity index (χ1v) is 6.37. The standard InChI is InChI=1S/C13H22N4O2/c1-5-6-15-11-8-14-7-10(16-11)12(19)17(4)13(2,3)9-18/h7-8,18H,5-6,9H2,1-4H3,(H,15,16). The highest BCUT2D eigenvalue weighted by Gasteiger charge is 2.28. The topological polar surface area (TPSA) is 78.4 Å². The van der Waals surface area contributed by atoms with E-state index in [1.165, 1.54) is 11.1 Å². The lowest BCUT2D eigenvalue weighted by Crippen LogP contribution is -2.47. The van der Waals surface area contributed by atoms with E-state index < -0.39 is 5.54 Å². The molecule has 6 heteroatoms. The Morgan fingerprint density at radius 3 is 2.74 bits per heavy atom. The summed E-state index contributed by atoms with van der Waals surface area (Å²) < 4.78 is 0. The van der Waals surface area contributed by atoms with Crippen molar-refractivity contribution in [3.8, 4) is 0 Å². The molecular formula is C13H22N4O2. The van der Waals surface area contributed by atoms with Crippen molar-refractivity contribution >= 4 is 11.7 Å². The molecule has 2 N–H and O–H groups in total. The molecule has 1 aromatic rings. The Kier molecular flexibility index (Phi) is 5.23. The number of aliphatic hydroxyl groups is 1. The molecule has 19 heavy (non-hydrogen) atoms. The molecule has 0 aliphatic carbocycles. The third kappa shape index (κ3) is 3.89. The van der Waals surface area contributed by atoms with Crippen LogP contribution in [0.1, 0.15) is 37.7 Å². The summed E-state index contributed by atoms with van der Waals surface area (Å²) in [4.78, 5) is 22.0. The number of rotatable bonds is 6. The van der Waals surface area contributed by atoms with Crippen molar-refractivity contribution in [3.05, 3.63) is 18.1 Å². The number of nitrogens with one attached hydrogen (secondary N) is 1. The van der Waals surface area contributed by atoms with Crippen molar-refractivity contribution in [2.75, 3.05) is 25.5 Å². The molecule has 0 saturated carbocycles. The molecule has 1 aromatic heterocycles. The minimum absolute atomic E-state index is 0.115. The first-order valence-electron chi connectivity index (χ1n) is 6.37. The van der Waals surface area contributed by atoms with Gasteiger partial charge >= 0.3 is 0 Å². The van der Waals surface area contributed by atoms with Gasteiger partial charge in [0.05, 0.1) is 24.5 Å². The molecule has 0 radical (unpaired) electrons. The van der Waals surface area contributed by atoms with Gasteiger partial charge in [-0.2, -0.15) is 0 Å². The highest BCUT2D eigenvalue weighted by atomic mass is 16.3. The van der Waals surface area contributed by atoms with Crippen LogP contribution in [-0.4, -0.2) is 51.6 Å². The minimum atomic E-state index is -0.633. The largest absolute Gasteiger partial charge is 0.394 e. The SMILES string of the molecule is CCCNc1cncc(C(=O)N(C)C(C)(C)CO)n1. The minimum Gasteiger partial charge on any atom is -0.394 e. The number of hydrogen-bond donors (Lipinski definition) is 2. The number of anilines is 1. The number of carbonyl (C=O) groups is 1. The van der Waals surface area contributed by atoms with E-state index in [1.807, 2.05) is 6.92 Å². The lowest BCUT2D eigenvalue weighted by Gasteiger charge is -2.33. The van der Waals surface area contributed by atoms with Crippen LogP contribution in [0.4, 0.5) is 5.82 Å². The third-order valence-corrected chi connectivity index (χ3v) is 3.01. The second-order valence-electron chi connectivity index (χ2n) is 5.05. The molecule has 0 spiro atoms. The number of carbonyl (C=O) groups excluding carboxylic acids is 1. The first kappa shape index (κ1) is 15.4. The third-order valence-electron chi connectivity index (χ3n) is 3.01. The van der Waals surface area contributed by atoms with Crippen molar-refractivity contribution in [3.63, 3.8) is 0 Å². The lowest BCUT2D eigenvalue weighted by molar-refractivity contribution is 0.0467. The molecule has 6 nitrogen and oxygen atoms in total. The molecule has 0 atom stereocenters. The Morgan fingerprint density at radius 2 is 2.16 bits per heavy atom. The van der Waals surface area contributed by atoms with Crippen LogP contribution < -0.4 is 5.32 Å². The molecular weight excluding hydrogens is 244 g/mol. The normalized spacial score (nSPS) is 11.2. The van der Waals surface area contributed by atoms with Crippen LogP contribution in [0, 0.1) is 0 Å². The van der Waals surface area contributed by atoms with Gasteiger partial charge in [-0.05, 0) is 20.3 Å². The Balaban J connectivity index is 2.88.